The van der Waals surface area contributed by atoms with Gasteiger partial charge in [-0.25, -0.2) is 0 Å². The van der Waals surface area contributed by atoms with Crippen molar-refractivity contribution < 1.29 is 24.2 Å². The van der Waals surface area contributed by atoms with Crippen LogP contribution in [0.15, 0.2) is 42.5 Å². The number of methoxy groups -OCH3 is 1. The molecule has 0 aromatic heterocycles. The number of carbonyl (C=O) groups excluding carboxylic acids is 2. The largest absolute Gasteiger partial charge is 0.497 e. The number of amides is 2. The summed E-state index contributed by atoms with van der Waals surface area (Å²) >= 11 is 0. The van der Waals surface area contributed by atoms with Gasteiger partial charge in [0.2, 0.25) is 5.91 Å². The van der Waals surface area contributed by atoms with E-state index in [1.807, 2.05) is 56.0 Å². The Morgan fingerprint density at radius 3 is 2.66 bits per heavy atom. The quantitative estimate of drug-likeness (QED) is 0.659. The Bertz CT molecular complexity index is 1360. The molecule has 0 saturated carbocycles. The second-order valence-corrected chi connectivity index (χ2v) is 11.8. The third-order valence-electron chi connectivity index (χ3n) is 8.99. The first kappa shape index (κ1) is 25.1. The van der Waals surface area contributed by atoms with Crippen molar-refractivity contribution in [3.05, 3.63) is 64.7 Å². The zero-order valence-corrected chi connectivity index (χ0v) is 22.8. The molecule has 2 aromatic rings. The van der Waals surface area contributed by atoms with E-state index in [-0.39, 0.29) is 36.8 Å². The summed E-state index contributed by atoms with van der Waals surface area (Å²) in [5, 5.41) is 10.1. The first-order valence-corrected chi connectivity index (χ1v) is 13.5. The van der Waals surface area contributed by atoms with Gasteiger partial charge < -0.3 is 19.5 Å². The van der Waals surface area contributed by atoms with Crippen LogP contribution in [0.2, 0.25) is 0 Å². The number of benzene rings is 2. The molecule has 2 amide bonds. The van der Waals surface area contributed by atoms with E-state index >= 15 is 0 Å². The molecular weight excluding hydrogens is 480 g/mol. The minimum Gasteiger partial charge on any atom is -0.497 e. The maximum absolute atomic E-state index is 14.3. The Hall–Kier alpha value is -3.16. The number of allylic oxidation sites excluding steroid dienone is 1. The van der Waals surface area contributed by atoms with Gasteiger partial charge in [-0.3, -0.25) is 14.5 Å². The van der Waals surface area contributed by atoms with Crippen LogP contribution >= 0.6 is 0 Å². The fraction of sp³-hybridized carbons (Fsp3) is 0.484. The lowest BCUT2D eigenvalue weighted by molar-refractivity contribution is -0.151. The van der Waals surface area contributed by atoms with Crippen LogP contribution in [-0.2, 0) is 32.9 Å². The summed E-state index contributed by atoms with van der Waals surface area (Å²) in [6.07, 6.45) is 3.12. The molecule has 1 N–H and O–H groups in total. The molecule has 4 aliphatic rings. The van der Waals surface area contributed by atoms with Crippen molar-refractivity contribution in [3.8, 4) is 5.75 Å². The third-order valence-corrected chi connectivity index (χ3v) is 8.99. The van der Waals surface area contributed by atoms with E-state index in [0.29, 0.717) is 25.1 Å². The summed E-state index contributed by atoms with van der Waals surface area (Å²) in [5.74, 6) is 0.442. The predicted molar refractivity (Wildman–Crippen MR) is 145 cm³/mol. The van der Waals surface area contributed by atoms with E-state index in [0.717, 1.165) is 28.0 Å². The van der Waals surface area contributed by atoms with Crippen LogP contribution in [0.5, 0.6) is 5.75 Å². The van der Waals surface area contributed by atoms with Gasteiger partial charge in [-0.15, -0.1) is 0 Å². The smallest absolute Gasteiger partial charge is 0.265 e. The van der Waals surface area contributed by atoms with Crippen LogP contribution < -0.4 is 9.64 Å². The molecule has 4 heterocycles. The van der Waals surface area contributed by atoms with Gasteiger partial charge >= 0.3 is 0 Å². The van der Waals surface area contributed by atoms with Crippen molar-refractivity contribution in [2.75, 3.05) is 18.6 Å². The van der Waals surface area contributed by atoms with Crippen LogP contribution in [0.4, 0.5) is 5.69 Å². The molecule has 2 aromatic carbocycles. The average molecular weight is 517 g/mol. The Morgan fingerprint density at radius 1 is 1.21 bits per heavy atom. The molecule has 0 radical (unpaired) electrons. The zero-order valence-electron chi connectivity index (χ0n) is 22.8. The Labute approximate surface area is 224 Å². The van der Waals surface area contributed by atoms with Crippen molar-refractivity contribution in [2.45, 2.75) is 76.8 Å². The number of fused-ring (bicyclic) bond motifs is 2. The van der Waals surface area contributed by atoms with E-state index in [4.69, 9.17) is 9.47 Å². The van der Waals surface area contributed by atoms with E-state index in [2.05, 4.69) is 19.1 Å². The molecule has 200 valence electrons. The number of anilines is 1. The molecule has 7 nitrogen and oxygen atoms in total. The highest BCUT2D eigenvalue weighted by atomic mass is 16.5. The van der Waals surface area contributed by atoms with Gasteiger partial charge in [-0.2, -0.15) is 0 Å². The minimum atomic E-state index is -1.16. The summed E-state index contributed by atoms with van der Waals surface area (Å²) in [6.45, 7) is 8.61. The highest BCUT2D eigenvalue weighted by molar-refractivity contribution is 6.12. The number of hydrogen-bond acceptors (Lipinski definition) is 5. The summed E-state index contributed by atoms with van der Waals surface area (Å²) in [4.78, 5) is 31.6. The zero-order chi connectivity index (χ0) is 27.0. The van der Waals surface area contributed by atoms with Crippen LogP contribution in [0.3, 0.4) is 0 Å². The Balaban J connectivity index is 1.32. The summed E-state index contributed by atoms with van der Waals surface area (Å²) in [5.41, 5.74) is 4.43. The molecule has 0 unspecified atom stereocenters. The second kappa shape index (κ2) is 8.68. The molecule has 0 bridgehead atoms. The molecule has 0 aliphatic carbocycles. The van der Waals surface area contributed by atoms with Crippen LogP contribution in [0, 0.1) is 5.92 Å². The van der Waals surface area contributed by atoms with Gasteiger partial charge in [-0.1, -0.05) is 37.3 Å². The minimum absolute atomic E-state index is 0.0520. The number of aliphatic hydroxyl groups excluding tert-OH is 1. The van der Waals surface area contributed by atoms with Crippen molar-refractivity contribution >= 4 is 23.1 Å². The maximum atomic E-state index is 14.3. The van der Waals surface area contributed by atoms with Gasteiger partial charge in [0.15, 0.2) is 5.60 Å². The Morgan fingerprint density at radius 2 is 1.95 bits per heavy atom. The van der Waals surface area contributed by atoms with Crippen LogP contribution in [0.1, 0.15) is 62.8 Å². The topological polar surface area (TPSA) is 79.3 Å². The number of ether oxygens (including phenoxy) is 2. The highest BCUT2D eigenvalue weighted by Crippen LogP contribution is 2.59. The molecule has 4 atom stereocenters. The number of nitrogens with zero attached hydrogens (tertiary/aromatic N) is 2. The summed E-state index contributed by atoms with van der Waals surface area (Å²) < 4.78 is 12.4. The second-order valence-electron chi connectivity index (χ2n) is 11.8. The van der Waals surface area contributed by atoms with Crippen LogP contribution in [0.25, 0.3) is 5.57 Å². The van der Waals surface area contributed by atoms with E-state index in [9.17, 15) is 14.7 Å². The molecule has 4 aliphatic heterocycles. The summed E-state index contributed by atoms with van der Waals surface area (Å²) in [6, 6.07) is 11.7. The number of rotatable bonds is 4. The number of aliphatic hydroxyl groups is 1. The molecular formula is C31H36N2O5. The van der Waals surface area contributed by atoms with Gasteiger partial charge in [0.05, 0.1) is 43.5 Å². The number of hydrogen-bond donors (Lipinski definition) is 1. The van der Waals surface area contributed by atoms with E-state index in [1.165, 1.54) is 5.56 Å². The summed E-state index contributed by atoms with van der Waals surface area (Å²) in [7, 11) is 1.64. The monoisotopic (exact) mass is 516 g/mol. The van der Waals surface area contributed by atoms with Gasteiger partial charge in [0.25, 0.3) is 5.91 Å². The normalized spacial score (nSPS) is 28.8. The first-order chi connectivity index (χ1) is 18.1. The van der Waals surface area contributed by atoms with Gasteiger partial charge in [0, 0.05) is 23.6 Å². The lowest BCUT2D eigenvalue weighted by atomic mass is 9.82. The molecule has 6 rings (SSSR count). The number of carbonyl (C=O) groups is 2. The first-order valence-electron chi connectivity index (χ1n) is 13.5. The van der Waals surface area contributed by atoms with Gasteiger partial charge in [0.1, 0.15) is 5.75 Å². The third kappa shape index (κ3) is 3.48. The average Bonchev–Trinajstić information content (AvgIpc) is 3.35. The van der Waals surface area contributed by atoms with Gasteiger partial charge in [-0.05, 0) is 62.4 Å². The van der Waals surface area contributed by atoms with Crippen LogP contribution in [-0.4, -0.2) is 53.2 Å². The lowest BCUT2D eigenvalue weighted by Crippen LogP contribution is -2.52. The maximum Gasteiger partial charge on any atom is 0.265 e. The van der Waals surface area contributed by atoms with E-state index in [1.54, 1.807) is 12.0 Å². The molecule has 1 fully saturated rings. The molecule has 1 spiro atoms. The predicted octanol–water partition coefficient (Wildman–Crippen LogP) is 4.19. The molecule has 1 saturated heterocycles. The SMILES string of the molecule is COc1cc2c3c(c1)[C@]1(O[C@@H](CC(=O)N4Cc5ccccc5C[C@H]4CO)C[C@H]1C)C(=O)N3C(C)(C)C=C2C. The van der Waals surface area contributed by atoms with Crippen molar-refractivity contribution in [1.29, 1.82) is 0 Å². The van der Waals surface area contributed by atoms with Crippen molar-refractivity contribution in [3.63, 3.8) is 0 Å². The molecule has 38 heavy (non-hydrogen) atoms. The Kier molecular flexibility index (Phi) is 5.74. The van der Waals surface area contributed by atoms with E-state index < -0.39 is 17.2 Å². The fourth-order valence-corrected chi connectivity index (χ4v) is 7.21. The van der Waals surface area contributed by atoms with Crippen molar-refractivity contribution in [1.82, 2.24) is 4.90 Å². The highest BCUT2D eigenvalue weighted by Gasteiger charge is 2.63. The lowest BCUT2D eigenvalue weighted by Gasteiger charge is -2.39. The molecule has 7 heteroatoms. The standard InChI is InChI=1S/C31H36N2O5/c1-18-15-30(3,4)33-28-25(18)12-23(37-5)13-26(28)31(29(33)36)19(2)10-24(38-31)14-27(35)32-16-21-9-7-6-8-20(21)11-22(32)17-34/h6-9,12-13,15,19,22,24,34H,10-11,14,16-17H2,1-5H3/t19-,22+,24-,31+/m1/s1. The van der Waals surface area contributed by atoms with Crippen molar-refractivity contribution in [2.24, 2.45) is 5.92 Å². The fourth-order valence-electron chi connectivity index (χ4n) is 7.21.